The Bertz CT molecular complexity index is 1660. The number of rotatable bonds is 7. The third-order valence-corrected chi connectivity index (χ3v) is 6.92. The van der Waals surface area contributed by atoms with E-state index in [0.717, 1.165) is 33.3 Å². The van der Waals surface area contributed by atoms with Crippen LogP contribution >= 0.6 is 0 Å². The molecule has 2 amide bonds. The molecule has 0 radical (unpaired) electrons. The predicted molar refractivity (Wildman–Crippen MR) is 161 cm³/mol. The molecule has 0 bridgehead atoms. The number of nitrogens with one attached hydrogen (secondary N) is 1. The van der Waals surface area contributed by atoms with E-state index < -0.39 is 0 Å². The largest absolute Gasteiger partial charge is 0.325 e. The lowest BCUT2D eigenvalue weighted by Crippen LogP contribution is -2.37. The Morgan fingerprint density at radius 3 is 2.23 bits per heavy atom. The molecule has 4 aromatic carbocycles. The van der Waals surface area contributed by atoms with E-state index in [9.17, 15) is 9.59 Å². The van der Waals surface area contributed by atoms with Crippen molar-refractivity contribution >= 4 is 28.4 Å². The van der Waals surface area contributed by atoms with Gasteiger partial charge in [-0.2, -0.15) is 5.10 Å². The zero-order chi connectivity index (χ0) is 28.3. The van der Waals surface area contributed by atoms with Crippen LogP contribution in [0.5, 0.6) is 0 Å². The molecule has 0 aliphatic rings. The van der Waals surface area contributed by atoms with Crippen LogP contribution in [0.1, 0.15) is 48.0 Å². The highest BCUT2D eigenvalue weighted by Gasteiger charge is 2.24. The first-order chi connectivity index (χ1) is 19.2. The van der Waals surface area contributed by atoms with Crippen LogP contribution in [0.15, 0.2) is 103 Å². The summed E-state index contributed by atoms with van der Waals surface area (Å²) in [5.74, 6) is 0.0786. The topological polar surface area (TPSA) is 67.2 Å². The molecule has 0 aliphatic carbocycles. The van der Waals surface area contributed by atoms with E-state index in [-0.39, 0.29) is 23.8 Å². The average Bonchev–Trinajstić information content (AvgIpc) is 3.37. The number of para-hydroxylation sites is 1. The van der Waals surface area contributed by atoms with Crippen molar-refractivity contribution in [2.24, 2.45) is 0 Å². The summed E-state index contributed by atoms with van der Waals surface area (Å²) >= 11 is 0. The van der Waals surface area contributed by atoms with Crippen molar-refractivity contribution in [2.75, 3.05) is 11.9 Å². The SMILES string of the molecule is Cc1ccccc1-n1nc(C(C)(C)C)cc1NC(=O)CN(Cc1ccccc1)C(=O)c1ccc2ccccc2c1. The highest BCUT2D eigenvalue weighted by molar-refractivity contribution is 6.01. The molecule has 1 N–H and O–H groups in total. The first kappa shape index (κ1) is 26.9. The highest BCUT2D eigenvalue weighted by atomic mass is 16.2. The number of hydrogen-bond acceptors (Lipinski definition) is 3. The van der Waals surface area contributed by atoms with Crippen molar-refractivity contribution in [2.45, 2.75) is 39.7 Å². The molecule has 5 aromatic rings. The van der Waals surface area contributed by atoms with Crippen LogP contribution in [0.3, 0.4) is 0 Å². The summed E-state index contributed by atoms with van der Waals surface area (Å²) in [7, 11) is 0. The van der Waals surface area contributed by atoms with E-state index in [4.69, 9.17) is 5.10 Å². The molecule has 1 aromatic heterocycles. The summed E-state index contributed by atoms with van der Waals surface area (Å²) in [6.07, 6.45) is 0. The standard InChI is InChI=1S/C34H34N4O2/c1-24-12-8-11-17-29(24)38-31(21-30(36-38)34(2,3)4)35-32(39)23-37(22-25-13-6-5-7-14-25)33(40)28-19-18-26-15-9-10-16-27(26)20-28/h5-21H,22-23H2,1-4H3,(H,35,39). The van der Waals surface area contributed by atoms with Crippen molar-refractivity contribution in [1.29, 1.82) is 0 Å². The van der Waals surface area contributed by atoms with Crippen LogP contribution in [-0.2, 0) is 16.8 Å². The van der Waals surface area contributed by atoms with E-state index in [1.165, 1.54) is 0 Å². The number of fused-ring (bicyclic) bond motifs is 1. The molecule has 6 heteroatoms. The monoisotopic (exact) mass is 530 g/mol. The smallest absolute Gasteiger partial charge is 0.254 e. The van der Waals surface area contributed by atoms with Crippen LogP contribution in [0.2, 0.25) is 0 Å². The van der Waals surface area contributed by atoms with Gasteiger partial charge >= 0.3 is 0 Å². The van der Waals surface area contributed by atoms with Gasteiger partial charge in [-0.3, -0.25) is 9.59 Å². The van der Waals surface area contributed by atoms with Crippen LogP contribution in [0.25, 0.3) is 16.5 Å². The number of anilines is 1. The lowest BCUT2D eigenvalue weighted by Gasteiger charge is -2.23. The fraction of sp³-hybridized carbons (Fsp3) is 0.206. The lowest BCUT2D eigenvalue weighted by atomic mass is 9.92. The first-order valence-electron chi connectivity index (χ1n) is 13.5. The maximum atomic E-state index is 13.8. The number of aromatic nitrogens is 2. The molecule has 1 heterocycles. The molecular formula is C34H34N4O2. The Balaban J connectivity index is 1.45. The van der Waals surface area contributed by atoms with Gasteiger partial charge in [0.15, 0.2) is 0 Å². The molecule has 0 spiro atoms. The van der Waals surface area contributed by atoms with Crippen molar-refractivity contribution in [3.8, 4) is 5.69 Å². The van der Waals surface area contributed by atoms with Crippen LogP contribution < -0.4 is 5.32 Å². The van der Waals surface area contributed by atoms with Crippen molar-refractivity contribution in [3.63, 3.8) is 0 Å². The Morgan fingerprint density at radius 2 is 1.50 bits per heavy atom. The van der Waals surface area contributed by atoms with Gasteiger partial charge in [0.05, 0.1) is 11.4 Å². The van der Waals surface area contributed by atoms with Crippen molar-refractivity contribution in [3.05, 3.63) is 126 Å². The van der Waals surface area contributed by atoms with Gasteiger partial charge in [0.2, 0.25) is 5.91 Å². The number of hydrogen-bond donors (Lipinski definition) is 1. The fourth-order valence-corrected chi connectivity index (χ4v) is 4.69. The minimum Gasteiger partial charge on any atom is -0.325 e. The summed E-state index contributed by atoms with van der Waals surface area (Å²) < 4.78 is 1.78. The molecule has 0 saturated heterocycles. The Kier molecular flexibility index (Phi) is 7.52. The second-order valence-electron chi connectivity index (χ2n) is 11.1. The van der Waals surface area contributed by atoms with Gasteiger partial charge in [0.1, 0.15) is 12.4 Å². The number of amides is 2. The summed E-state index contributed by atoms with van der Waals surface area (Å²) in [6.45, 7) is 8.49. The summed E-state index contributed by atoms with van der Waals surface area (Å²) in [4.78, 5) is 28.9. The number of carbonyl (C=O) groups excluding carboxylic acids is 2. The number of aryl methyl sites for hydroxylation is 1. The quantitative estimate of drug-likeness (QED) is 0.249. The van der Waals surface area contributed by atoms with Gasteiger partial charge in [-0.05, 0) is 47.0 Å². The Hall–Kier alpha value is -4.71. The van der Waals surface area contributed by atoms with E-state index >= 15 is 0 Å². The van der Waals surface area contributed by atoms with Crippen LogP contribution in [-0.4, -0.2) is 33.0 Å². The van der Waals surface area contributed by atoms with E-state index in [0.29, 0.717) is 17.9 Å². The van der Waals surface area contributed by atoms with Gasteiger partial charge < -0.3 is 10.2 Å². The van der Waals surface area contributed by atoms with E-state index in [1.807, 2.05) is 110 Å². The molecule has 0 aliphatic heterocycles. The summed E-state index contributed by atoms with van der Waals surface area (Å²) in [6, 6.07) is 33.1. The van der Waals surface area contributed by atoms with Crippen molar-refractivity contribution in [1.82, 2.24) is 14.7 Å². The van der Waals surface area contributed by atoms with Crippen molar-refractivity contribution < 1.29 is 9.59 Å². The molecule has 6 nitrogen and oxygen atoms in total. The third kappa shape index (κ3) is 5.96. The molecule has 0 fully saturated rings. The number of benzene rings is 4. The zero-order valence-electron chi connectivity index (χ0n) is 23.4. The van der Waals surface area contributed by atoms with E-state index in [1.54, 1.807) is 9.58 Å². The molecule has 202 valence electrons. The third-order valence-electron chi connectivity index (χ3n) is 6.92. The highest BCUT2D eigenvalue weighted by Crippen LogP contribution is 2.27. The molecule has 5 rings (SSSR count). The molecule has 0 unspecified atom stereocenters. The molecular weight excluding hydrogens is 496 g/mol. The van der Waals surface area contributed by atoms with Gasteiger partial charge in [-0.15, -0.1) is 0 Å². The second kappa shape index (κ2) is 11.2. The fourth-order valence-electron chi connectivity index (χ4n) is 4.69. The van der Waals surface area contributed by atoms with E-state index in [2.05, 4.69) is 26.1 Å². The minimum atomic E-state index is -0.291. The summed E-state index contributed by atoms with van der Waals surface area (Å²) in [5, 5.41) is 9.94. The summed E-state index contributed by atoms with van der Waals surface area (Å²) in [5.41, 5.74) is 4.07. The van der Waals surface area contributed by atoms with Crippen LogP contribution in [0.4, 0.5) is 5.82 Å². The predicted octanol–water partition coefficient (Wildman–Crippen LogP) is 6.91. The number of nitrogens with zero attached hydrogens (tertiary/aromatic N) is 3. The second-order valence-corrected chi connectivity index (χ2v) is 11.1. The normalized spacial score (nSPS) is 11.4. The van der Waals surface area contributed by atoms with Gasteiger partial charge in [0.25, 0.3) is 5.91 Å². The molecule has 40 heavy (non-hydrogen) atoms. The van der Waals surface area contributed by atoms with Gasteiger partial charge in [-0.25, -0.2) is 4.68 Å². The lowest BCUT2D eigenvalue weighted by molar-refractivity contribution is -0.117. The Labute approximate surface area is 235 Å². The van der Waals surface area contributed by atoms with Gasteiger partial charge in [0, 0.05) is 23.6 Å². The zero-order valence-corrected chi connectivity index (χ0v) is 23.4. The van der Waals surface area contributed by atoms with Gasteiger partial charge in [-0.1, -0.05) is 99.6 Å². The number of carbonyl (C=O) groups is 2. The molecule has 0 atom stereocenters. The maximum Gasteiger partial charge on any atom is 0.254 e. The average molecular weight is 531 g/mol. The maximum absolute atomic E-state index is 13.8. The first-order valence-corrected chi connectivity index (χ1v) is 13.5. The van der Waals surface area contributed by atoms with Crippen LogP contribution in [0, 0.1) is 6.92 Å². The molecule has 0 saturated carbocycles. The Morgan fingerprint density at radius 1 is 0.825 bits per heavy atom. The minimum absolute atomic E-state index is 0.107.